The molecule has 0 radical (unpaired) electrons. The van der Waals surface area contributed by atoms with Gasteiger partial charge < -0.3 is 14.6 Å². The molecular weight excluding hydrogens is 314 g/mol. The van der Waals surface area contributed by atoms with Gasteiger partial charge in [-0.1, -0.05) is 30.3 Å². The lowest BCUT2D eigenvalue weighted by Gasteiger charge is -2.35. The van der Waals surface area contributed by atoms with Crippen LogP contribution in [0.4, 0.5) is 0 Å². The molecule has 2 aliphatic rings. The Bertz CT molecular complexity index is 766. The topological polar surface area (TPSA) is 58.2 Å². The number of aromatic nitrogens is 2. The zero-order chi connectivity index (χ0) is 17.1. The van der Waals surface area contributed by atoms with Gasteiger partial charge in [-0.3, -0.25) is 4.79 Å². The molecule has 5 heteroatoms. The SMILES string of the molecule is O=C(C1=COCCC1)N1CCCCC1c1ncc(-c2ccccc2)[nH]1. The second-order valence-corrected chi connectivity index (χ2v) is 6.68. The summed E-state index contributed by atoms with van der Waals surface area (Å²) in [7, 11) is 0. The van der Waals surface area contributed by atoms with Crippen molar-refractivity contribution in [1.82, 2.24) is 14.9 Å². The molecule has 4 rings (SSSR count). The number of aromatic amines is 1. The highest BCUT2D eigenvalue weighted by atomic mass is 16.5. The number of hydrogen-bond acceptors (Lipinski definition) is 3. The monoisotopic (exact) mass is 337 g/mol. The van der Waals surface area contributed by atoms with Crippen molar-refractivity contribution < 1.29 is 9.53 Å². The van der Waals surface area contributed by atoms with Crippen LogP contribution in [0.2, 0.25) is 0 Å². The van der Waals surface area contributed by atoms with E-state index in [0.717, 1.165) is 61.3 Å². The molecule has 1 atom stereocenters. The maximum Gasteiger partial charge on any atom is 0.253 e. The van der Waals surface area contributed by atoms with Gasteiger partial charge in [0.25, 0.3) is 5.91 Å². The number of nitrogens with zero attached hydrogens (tertiary/aromatic N) is 2. The van der Waals surface area contributed by atoms with Gasteiger partial charge in [-0.25, -0.2) is 4.98 Å². The number of amides is 1. The largest absolute Gasteiger partial charge is 0.501 e. The minimum atomic E-state index is 0.0153. The summed E-state index contributed by atoms with van der Waals surface area (Å²) in [5, 5.41) is 0. The quantitative estimate of drug-likeness (QED) is 0.926. The highest BCUT2D eigenvalue weighted by molar-refractivity contribution is 5.93. The number of rotatable bonds is 3. The number of hydrogen-bond donors (Lipinski definition) is 1. The lowest BCUT2D eigenvalue weighted by atomic mass is 9.99. The molecule has 130 valence electrons. The summed E-state index contributed by atoms with van der Waals surface area (Å²) in [6, 6.07) is 10.2. The average Bonchev–Trinajstić information content (AvgIpc) is 3.19. The fourth-order valence-electron chi connectivity index (χ4n) is 3.64. The molecule has 2 aromatic rings. The molecule has 0 spiro atoms. The highest BCUT2D eigenvalue weighted by Gasteiger charge is 2.32. The lowest BCUT2D eigenvalue weighted by molar-refractivity contribution is -0.131. The van der Waals surface area contributed by atoms with Gasteiger partial charge in [0.2, 0.25) is 0 Å². The van der Waals surface area contributed by atoms with E-state index in [9.17, 15) is 4.79 Å². The second-order valence-electron chi connectivity index (χ2n) is 6.68. The second kappa shape index (κ2) is 7.13. The fourth-order valence-corrected chi connectivity index (χ4v) is 3.64. The van der Waals surface area contributed by atoms with Crippen LogP contribution in [0.15, 0.2) is 48.4 Å². The van der Waals surface area contributed by atoms with E-state index >= 15 is 0 Å². The molecule has 1 aromatic carbocycles. The standard InChI is InChI=1S/C20H23N3O2/c24-20(16-9-6-12-25-14-16)23-11-5-4-10-18(23)19-21-13-17(22-19)15-7-2-1-3-8-15/h1-3,7-8,13-14,18H,4-6,9-12H2,(H,21,22). The molecule has 0 bridgehead atoms. The molecule has 0 saturated carbocycles. The molecule has 1 unspecified atom stereocenters. The van der Waals surface area contributed by atoms with E-state index in [1.807, 2.05) is 29.3 Å². The van der Waals surface area contributed by atoms with E-state index in [1.165, 1.54) is 0 Å². The van der Waals surface area contributed by atoms with Crippen molar-refractivity contribution in [3.63, 3.8) is 0 Å². The Morgan fingerprint density at radius 1 is 1.20 bits per heavy atom. The van der Waals surface area contributed by atoms with Crippen LogP contribution < -0.4 is 0 Å². The molecule has 3 heterocycles. The van der Waals surface area contributed by atoms with Crippen molar-refractivity contribution in [2.45, 2.75) is 38.1 Å². The Morgan fingerprint density at radius 2 is 2.08 bits per heavy atom. The van der Waals surface area contributed by atoms with Gasteiger partial charge in [0, 0.05) is 6.54 Å². The molecule has 5 nitrogen and oxygen atoms in total. The molecule has 1 aromatic heterocycles. The molecule has 1 fully saturated rings. The van der Waals surface area contributed by atoms with Crippen LogP contribution in [-0.2, 0) is 9.53 Å². The summed E-state index contributed by atoms with van der Waals surface area (Å²) in [6.07, 6.45) is 8.33. The summed E-state index contributed by atoms with van der Waals surface area (Å²) in [6.45, 7) is 1.49. The zero-order valence-corrected chi connectivity index (χ0v) is 14.3. The van der Waals surface area contributed by atoms with Crippen LogP contribution in [0.25, 0.3) is 11.3 Å². The van der Waals surface area contributed by atoms with Gasteiger partial charge >= 0.3 is 0 Å². The summed E-state index contributed by atoms with van der Waals surface area (Å²) < 4.78 is 5.36. The third kappa shape index (κ3) is 3.31. The van der Waals surface area contributed by atoms with Crippen molar-refractivity contribution in [3.8, 4) is 11.3 Å². The minimum Gasteiger partial charge on any atom is -0.501 e. The van der Waals surface area contributed by atoms with Gasteiger partial charge in [-0.2, -0.15) is 0 Å². The summed E-state index contributed by atoms with van der Waals surface area (Å²) in [4.78, 5) is 22.9. The Kier molecular flexibility index (Phi) is 4.55. The molecule has 1 N–H and O–H groups in total. The predicted octanol–water partition coefficient (Wildman–Crippen LogP) is 3.82. The Balaban J connectivity index is 1.58. The number of piperidine rings is 1. The van der Waals surface area contributed by atoms with Gasteiger partial charge in [-0.05, 0) is 37.7 Å². The number of carbonyl (C=O) groups excluding carboxylic acids is 1. The van der Waals surface area contributed by atoms with E-state index in [0.29, 0.717) is 6.61 Å². The first-order valence-electron chi connectivity index (χ1n) is 9.05. The van der Waals surface area contributed by atoms with Crippen LogP contribution in [0.1, 0.15) is 44.0 Å². The van der Waals surface area contributed by atoms with Crippen LogP contribution >= 0.6 is 0 Å². The van der Waals surface area contributed by atoms with Crippen LogP contribution in [0, 0.1) is 0 Å². The van der Waals surface area contributed by atoms with E-state index in [1.54, 1.807) is 6.26 Å². The number of likely N-dealkylation sites (tertiary alicyclic amines) is 1. The van der Waals surface area contributed by atoms with Gasteiger partial charge in [0.1, 0.15) is 5.82 Å². The highest BCUT2D eigenvalue weighted by Crippen LogP contribution is 2.32. The minimum absolute atomic E-state index is 0.0153. The molecule has 25 heavy (non-hydrogen) atoms. The van der Waals surface area contributed by atoms with Crippen molar-refractivity contribution in [3.05, 3.63) is 54.2 Å². The van der Waals surface area contributed by atoms with Crippen molar-refractivity contribution in [1.29, 1.82) is 0 Å². The smallest absolute Gasteiger partial charge is 0.253 e. The summed E-state index contributed by atoms with van der Waals surface area (Å²) >= 11 is 0. The van der Waals surface area contributed by atoms with E-state index in [2.05, 4.69) is 22.1 Å². The van der Waals surface area contributed by atoms with Crippen LogP contribution in [0.5, 0.6) is 0 Å². The van der Waals surface area contributed by atoms with E-state index in [4.69, 9.17) is 4.74 Å². The predicted molar refractivity (Wildman–Crippen MR) is 95.6 cm³/mol. The maximum absolute atomic E-state index is 12.9. The normalized spacial score (nSPS) is 20.7. The number of H-pyrrole nitrogens is 1. The van der Waals surface area contributed by atoms with Gasteiger partial charge in [0.15, 0.2) is 0 Å². The molecule has 1 saturated heterocycles. The van der Waals surface area contributed by atoms with Gasteiger partial charge in [0.05, 0.1) is 36.4 Å². The third-order valence-corrected chi connectivity index (χ3v) is 4.97. The average molecular weight is 337 g/mol. The van der Waals surface area contributed by atoms with Crippen molar-refractivity contribution in [2.75, 3.05) is 13.2 Å². The lowest BCUT2D eigenvalue weighted by Crippen LogP contribution is -2.40. The third-order valence-electron chi connectivity index (χ3n) is 4.97. The van der Waals surface area contributed by atoms with Crippen molar-refractivity contribution in [2.24, 2.45) is 0 Å². The molecule has 1 amide bonds. The number of ether oxygens (including phenoxy) is 1. The molecular formula is C20H23N3O2. The van der Waals surface area contributed by atoms with Crippen molar-refractivity contribution >= 4 is 5.91 Å². The molecule has 0 aliphatic carbocycles. The van der Waals surface area contributed by atoms with Crippen LogP contribution in [0.3, 0.4) is 0 Å². The maximum atomic E-state index is 12.9. The number of benzene rings is 1. The fraction of sp³-hybridized carbons (Fsp3) is 0.400. The number of carbonyl (C=O) groups is 1. The summed E-state index contributed by atoms with van der Waals surface area (Å²) in [5.74, 6) is 0.978. The summed E-state index contributed by atoms with van der Waals surface area (Å²) in [5.41, 5.74) is 2.89. The zero-order valence-electron chi connectivity index (χ0n) is 14.3. The number of imidazole rings is 1. The Hall–Kier alpha value is -2.56. The number of nitrogens with one attached hydrogen (secondary N) is 1. The Labute approximate surface area is 147 Å². The molecule has 2 aliphatic heterocycles. The first-order valence-corrected chi connectivity index (χ1v) is 9.05. The Morgan fingerprint density at radius 3 is 2.88 bits per heavy atom. The first kappa shape index (κ1) is 15.9. The van der Waals surface area contributed by atoms with Crippen LogP contribution in [-0.4, -0.2) is 33.9 Å². The van der Waals surface area contributed by atoms with E-state index < -0.39 is 0 Å². The first-order chi connectivity index (χ1) is 12.3. The van der Waals surface area contributed by atoms with Gasteiger partial charge in [-0.15, -0.1) is 0 Å². The van der Waals surface area contributed by atoms with E-state index in [-0.39, 0.29) is 11.9 Å².